The van der Waals surface area contributed by atoms with Gasteiger partial charge in [-0.05, 0) is 12.5 Å². The van der Waals surface area contributed by atoms with Gasteiger partial charge in [0, 0.05) is 22.6 Å². The van der Waals surface area contributed by atoms with Crippen molar-refractivity contribution < 1.29 is 9.72 Å². The molecule has 0 radical (unpaired) electrons. The number of benzene rings is 1. The van der Waals surface area contributed by atoms with Crippen molar-refractivity contribution in [3.8, 4) is 0 Å². The van der Waals surface area contributed by atoms with Crippen LogP contribution >= 0.6 is 11.3 Å². The first kappa shape index (κ1) is 18.4. The van der Waals surface area contributed by atoms with Crippen molar-refractivity contribution in [1.82, 2.24) is 15.0 Å². The number of non-ortho nitro benzene ring substituents is 1. The summed E-state index contributed by atoms with van der Waals surface area (Å²) in [6.07, 6.45) is 3.44. The summed E-state index contributed by atoms with van der Waals surface area (Å²) in [4.78, 5) is 40.6. The van der Waals surface area contributed by atoms with Crippen LogP contribution < -0.4 is 11.0 Å². The van der Waals surface area contributed by atoms with Crippen LogP contribution in [0.1, 0.15) is 17.4 Å². The second-order valence-electron chi connectivity index (χ2n) is 5.61. The zero-order valence-corrected chi connectivity index (χ0v) is 15.1. The number of nitro groups is 1. The molecule has 1 amide bonds. The Labute approximate surface area is 157 Å². The van der Waals surface area contributed by atoms with E-state index in [4.69, 9.17) is 0 Å². The summed E-state index contributed by atoms with van der Waals surface area (Å²) in [5.74, 6) is -0.508. The molecule has 0 bridgehead atoms. The maximum absolute atomic E-state index is 12.4. The predicted molar refractivity (Wildman–Crippen MR) is 102 cm³/mol. The summed E-state index contributed by atoms with van der Waals surface area (Å²) >= 11 is 1.46. The van der Waals surface area contributed by atoms with E-state index in [1.165, 1.54) is 46.6 Å². The van der Waals surface area contributed by atoms with Crippen molar-refractivity contribution in [3.05, 3.63) is 67.6 Å². The molecule has 0 fully saturated rings. The fourth-order valence-corrected chi connectivity index (χ4v) is 3.31. The second-order valence-corrected chi connectivity index (χ2v) is 6.72. The average molecular weight is 385 g/mol. The van der Waals surface area contributed by atoms with Gasteiger partial charge in [0.05, 0.1) is 22.9 Å². The topological polar surface area (TPSA) is 119 Å². The third kappa shape index (κ3) is 4.23. The summed E-state index contributed by atoms with van der Waals surface area (Å²) in [5.41, 5.74) is 2.41. The van der Waals surface area contributed by atoms with Crippen molar-refractivity contribution in [2.24, 2.45) is 5.10 Å². The molecule has 0 aliphatic rings. The van der Waals surface area contributed by atoms with Gasteiger partial charge in [-0.15, -0.1) is 11.3 Å². The highest BCUT2D eigenvalue weighted by Gasteiger charge is 2.10. The van der Waals surface area contributed by atoms with Gasteiger partial charge >= 0.3 is 0 Å². The van der Waals surface area contributed by atoms with E-state index in [9.17, 15) is 19.7 Å². The van der Waals surface area contributed by atoms with Crippen LogP contribution in [0.25, 0.3) is 10.2 Å². The average Bonchev–Trinajstić information content (AvgIpc) is 3.08. The summed E-state index contributed by atoms with van der Waals surface area (Å²) in [6.45, 7) is 1.77. The quantitative estimate of drug-likeness (QED) is 0.396. The van der Waals surface area contributed by atoms with E-state index in [0.717, 1.165) is 11.3 Å². The van der Waals surface area contributed by atoms with E-state index in [1.54, 1.807) is 12.1 Å². The van der Waals surface area contributed by atoms with Crippen molar-refractivity contribution in [1.29, 1.82) is 0 Å². The Morgan fingerprint density at radius 3 is 3.00 bits per heavy atom. The lowest BCUT2D eigenvalue weighted by Crippen LogP contribution is -2.29. The predicted octanol–water partition coefficient (Wildman–Crippen LogP) is 2.08. The Kier molecular flexibility index (Phi) is 5.36. The number of hydrogen-bond acceptors (Lipinski definition) is 7. The zero-order chi connectivity index (χ0) is 19.4. The van der Waals surface area contributed by atoms with Crippen LogP contribution in [-0.2, 0) is 17.8 Å². The molecule has 0 atom stereocenters. The number of rotatable bonds is 6. The molecule has 10 heteroatoms. The van der Waals surface area contributed by atoms with Gasteiger partial charge in [0.2, 0.25) is 0 Å². The van der Waals surface area contributed by atoms with Crippen LogP contribution in [0.3, 0.4) is 0 Å². The number of aromatic nitrogens is 2. The lowest BCUT2D eigenvalue weighted by atomic mass is 10.2. The number of carbonyl (C=O) groups is 1. The summed E-state index contributed by atoms with van der Waals surface area (Å²) in [5, 5.41) is 15.0. The lowest BCUT2D eigenvalue weighted by molar-refractivity contribution is -0.384. The summed E-state index contributed by atoms with van der Waals surface area (Å²) < 4.78 is 1.21. The van der Waals surface area contributed by atoms with Crippen LogP contribution in [0.2, 0.25) is 0 Å². The fourth-order valence-electron chi connectivity index (χ4n) is 2.38. The van der Waals surface area contributed by atoms with Gasteiger partial charge in [-0.3, -0.25) is 24.3 Å². The minimum Gasteiger partial charge on any atom is -0.289 e. The van der Waals surface area contributed by atoms with E-state index in [-0.39, 0.29) is 17.8 Å². The number of fused-ring (bicyclic) bond motifs is 1. The Morgan fingerprint density at radius 2 is 2.26 bits per heavy atom. The standard InChI is InChI=1S/C17H15N5O4S/c1-2-13-7-14-16(27-13)18-10-21(17(14)24)9-15(23)20-19-8-11-4-3-5-12(6-11)22(25)26/h3-8,10H,2,9H2,1H3,(H,20,23). The molecule has 27 heavy (non-hydrogen) atoms. The van der Waals surface area contributed by atoms with Gasteiger partial charge < -0.3 is 0 Å². The SMILES string of the molecule is CCc1cc2c(=O)n(CC(=O)NN=Cc3cccc([N+](=O)[O-])c3)cnc2s1. The first-order valence-corrected chi connectivity index (χ1v) is 8.83. The van der Waals surface area contributed by atoms with Gasteiger partial charge in [0.1, 0.15) is 11.4 Å². The van der Waals surface area contributed by atoms with Gasteiger partial charge in [-0.2, -0.15) is 5.10 Å². The highest BCUT2D eigenvalue weighted by atomic mass is 32.1. The number of nitrogens with one attached hydrogen (secondary N) is 1. The van der Waals surface area contributed by atoms with Gasteiger partial charge in [0.15, 0.2) is 0 Å². The molecule has 0 aliphatic heterocycles. The van der Waals surface area contributed by atoms with Gasteiger partial charge in [-0.25, -0.2) is 10.4 Å². The number of aryl methyl sites for hydroxylation is 1. The lowest BCUT2D eigenvalue weighted by Gasteiger charge is -2.03. The largest absolute Gasteiger partial charge is 0.289 e. The molecule has 3 rings (SSSR count). The second kappa shape index (κ2) is 7.87. The molecule has 0 spiro atoms. The third-order valence-corrected chi connectivity index (χ3v) is 4.90. The normalized spacial score (nSPS) is 11.1. The third-order valence-electron chi connectivity index (χ3n) is 3.72. The molecule has 138 valence electrons. The molecule has 0 saturated carbocycles. The van der Waals surface area contributed by atoms with Crippen LogP contribution in [0, 0.1) is 10.1 Å². The maximum atomic E-state index is 12.4. The molecule has 3 aromatic rings. The Hall–Kier alpha value is -3.40. The molecule has 9 nitrogen and oxygen atoms in total. The van der Waals surface area contributed by atoms with E-state index in [2.05, 4.69) is 15.5 Å². The van der Waals surface area contributed by atoms with Crippen LogP contribution in [0.15, 0.2) is 46.6 Å². The molecule has 0 saturated heterocycles. The Bertz CT molecular complexity index is 1100. The minimum atomic E-state index is -0.514. The van der Waals surface area contributed by atoms with Gasteiger partial charge in [-0.1, -0.05) is 19.1 Å². The highest BCUT2D eigenvalue weighted by Crippen LogP contribution is 2.20. The fraction of sp³-hybridized carbons (Fsp3) is 0.176. The Morgan fingerprint density at radius 1 is 1.44 bits per heavy atom. The molecule has 1 aromatic carbocycles. The van der Waals surface area contributed by atoms with Crippen molar-refractivity contribution in [2.45, 2.75) is 19.9 Å². The molecule has 0 aliphatic carbocycles. The number of carbonyl (C=O) groups excluding carboxylic acids is 1. The molecule has 2 aromatic heterocycles. The molecular formula is C17H15N5O4S. The highest BCUT2D eigenvalue weighted by molar-refractivity contribution is 7.18. The van der Waals surface area contributed by atoms with Crippen LogP contribution in [-0.4, -0.2) is 26.6 Å². The number of thiophene rings is 1. The van der Waals surface area contributed by atoms with Gasteiger partial charge in [0.25, 0.3) is 17.2 Å². The zero-order valence-electron chi connectivity index (χ0n) is 14.3. The van der Waals surface area contributed by atoms with E-state index in [0.29, 0.717) is 15.8 Å². The molecular weight excluding hydrogens is 370 g/mol. The van der Waals surface area contributed by atoms with E-state index >= 15 is 0 Å². The first-order valence-electron chi connectivity index (χ1n) is 8.02. The monoisotopic (exact) mass is 385 g/mol. The smallest absolute Gasteiger partial charge is 0.270 e. The number of hydrazone groups is 1. The molecule has 1 N–H and O–H groups in total. The summed E-state index contributed by atoms with van der Waals surface area (Å²) in [6, 6.07) is 7.63. The number of hydrogen-bond donors (Lipinski definition) is 1. The van der Waals surface area contributed by atoms with E-state index in [1.807, 2.05) is 6.92 Å². The van der Waals surface area contributed by atoms with Crippen LogP contribution in [0.4, 0.5) is 5.69 Å². The molecule has 0 unspecified atom stereocenters. The number of amides is 1. The number of nitrogens with zero attached hydrogens (tertiary/aromatic N) is 4. The van der Waals surface area contributed by atoms with E-state index < -0.39 is 10.8 Å². The molecule has 2 heterocycles. The van der Waals surface area contributed by atoms with Crippen molar-refractivity contribution in [2.75, 3.05) is 0 Å². The first-order chi connectivity index (χ1) is 13.0. The van der Waals surface area contributed by atoms with Crippen molar-refractivity contribution >= 4 is 39.4 Å². The summed E-state index contributed by atoms with van der Waals surface area (Å²) in [7, 11) is 0. The van der Waals surface area contributed by atoms with Crippen LogP contribution in [0.5, 0.6) is 0 Å². The van der Waals surface area contributed by atoms with Crippen molar-refractivity contribution in [3.63, 3.8) is 0 Å². The number of nitro benzene ring substituents is 1. The Balaban J connectivity index is 1.68. The maximum Gasteiger partial charge on any atom is 0.270 e. The minimum absolute atomic E-state index is 0.0709.